The Bertz CT molecular complexity index is 235. The van der Waals surface area contributed by atoms with Crippen LogP contribution in [0.2, 0.25) is 0 Å². The quantitative estimate of drug-likeness (QED) is 0.886. The number of nitrogens with two attached hydrogens (primary N) is 1. The molecule has 1 atom stereocenters. The number of halogens is 2. The molecule has 0 heterocycles. The topological polar surface area (TPSA) is 26.0 Å². The molecular weight excluding hydrogens is 249 g/mol. The van der Waals surface area contributed by atoms with E-state index in [-0.39, 0.29) is 18.4 Å². The van der Waals surface area contributed by atoms with Crippen LogP contribution in [0.5, 0.6) is 0 Å². The van der Waals surface area contributed by atoms with E-state index in [1.54, 1.807) is 0 Å². The van der Waals surface area contributed by atoms with Crippen molar-refractivity contribution in [3.8, 4) is 0 Å². The van der Waals surface area contributed by atoms with Gasteiger partial charge in [-0.1, -0.05) is 41.4 Å². The third-order valence-electron chi connectivity index (χ3n) is 1.90. The van der Waals surface area contributed by atoms with E-state index in [1.807, 2.05) is 12.1 Å². The maximum atomic E-state index is 5.94. The van der Waals surface area contributed by atoms with Gasteiger partial charge in [-0.25, -0.2) is 0 Å². The van der Waals surface area contributed by atoms with Gasteiger partial charge in [0.2, 0.25) is 0 Å². The maximum absolute atomic E-state index is 5.94. The minimum absolute atomic E-state index is 0. The molecule has 0 aromatic heterocycles. The Morgan fingerprint density at radius 3 is 2.31 bits per heavy atom. The van der Waals surface area contributed by atoms with Gasteiger partial charge in [0, 0.05) is 10.5 Å². The fourth-order valence-corrected chi connectivity index (χ4v) is 1.45. The maximum Gasteiger partial charge on any atom is 0.0294 e. The summed E-state index contributed by atoms with van der Waals surface area (Å²) in [5, 5.41) is 0. The SMILES string of the molecule is CCC[C@@H](N)c1ccc(Br)cc1.Cl. The molecule has 0 amide bonds. The first-order chi connectivity index (χ1) is 5.74. The van der Waals surface area contributed by atoms with Crippen LogP contribution in [0.15, 0.2) is 28.7 Å². The van der Waals surface area contributed by atoms with Crippen LogP contribution >= 0.6 is 28.3 Å². The number of hydrogen-bond donors (Lipinski definition) is 1. The van der Waals surface area contributed by atoms with Gasteiger partial charge in [0.1, 0.15) is 0 Å². The second-order valence-corrected chi connectivity index (χ2v) is 3.86. The van der Waals surface area contributed by atoms with Crippen LogP contribution in [-0.2, 0) is 0 Å². The van der Waals surface area contributed by atoms with Crippen molar-refractivity contribution in [1.82, 2.24) is 0 Å². The van der Waals surface area contributed by atoms with Crippen molar-refractivity contribution in [2.45, 2.75) is 25.8 Å². The van der Waals surface area contributed by atoms with E-state index >= 15 is 0 Å². The van der Waals surface area contributed by atoms with Crippen molar-refractivity contribution >= 4 is 28.3 Å². The summed E-state index contributed by atoms with van der Waals surface area (Å²) in [7, 11) is 0. The van der Waals surface area contributed by atoms with E-state index in [0.717, 1.165) is 17.3 Å². The summed E-state index contributed by atoms with van der Waals surface area (Å²) in [6.45, 7) is 2.15. The van der Waals surface area contributed by atoms with E-state index in [1.165, 1.54) is 5.56 Å². The molecule has 0 bridgehead atoms. The molecule has 1 rings (SSSR count). The molecule has 1 aromatic carbocycles. The third-order valence-corrected chi connectivity index (χ3v) is 2.43. The lowest BCUT2D eigenvalue weighted by molar-refractivity contribution is 0.638. The molecule has 0 unspecified atom stereocenters. The summed E-state index contributed by atoms with van der Waals surface area (Å²) < 4.78 is 1.11. The molecule has 0 saturated heterocycles. The Morgan fingerprint density at radius 1 is 1.31 bits per heavy atom. The van der Waals surface area contributed by atoms with Crippen molar-refractivity contribution in [3.05, 3.63) is 34.3 Å². The summed E-state index contributed by atoms with van der Waals surface area (Å²) in [5.41, 5.74) is 7.16. The summed E-state index contributed by atoms with van der Waals surface area (Å²) in [5.74, 6) is 0. The molecule has 3 heteroatoms. The first-order valence-electron chi connectivity index (χ1n) is 4.25. The zero-order chi connectivity index (χ0) is 8.97. The number of benzene rings is 1. The van der Waals surface area contributed by atoms with Crippen molar-refractivity contribution in [2.75, 3.05) is 0 Å². The van der Waals surface area contributed by atoms with Gasteiger partial charge >= 0.3 is 0 Å². The lowest BCUT2D eigenvalue weighted by Gasteiger charge is -2.09. The number of rotatable bonds is 3. The van der Waals surface area contributed by atoms with Crippen LogP contribution in [0.4, 0.5) is 0 Å². The molecule has 0 spiro atoms. The fraction of sp³-hybridized carbons (Fsp3) is 0.400. The molecule has 74 valence electrons. The Morgan fingerprint density at radius 2 is 1.85 bits per heavy atom. The highest BCUT2D eigenvalue weighted by Gasteiger charge is 2.02. The highest BCUT2D eigenvalue weighted by atomic mass is 79.9. The highest BCUT2D eigenvalue weighted by Crippen LogP contribution is 2.18. The molecule has 13 heavy (non-hydrogen) atoms. The molecule has 0 aliphatic rings. The first-order valence-corrected chi connectivity index (χ1v) is 5.04. The zero-order valence-corrected chi connectivity index (χ0v) is 10.1. The molecule has 0 saturated carbocycles. The normalized spacial score (nSPS) is 11.9. The Hall–Kier alpha value is -0.0500. The molecular formula is C10H15BrClN. The summed E-state index contributed by atoms with van der Waals surface area (Å²) in [6.07, 6.45) is 2.19. The molecule has 0 aliphatic heterocycles. The van der Waals surface area contributed by atoms with Gasteiger partial charge in [0.05, 0.1) is 0 Å². The van der Waals surface area contributed by atoms with Crippen LogP contribution in [-0.4, -0.2) is 0 Å². The standard InChI is InChI=1S/C10H14BrN.ClH/c1-2-3-10(12)8-4-6-9(11)7-5-8;/h4-7,10H,2-3,12H2,1H3;1H/t10-;/m1./s1. The van der Waals surface area contributed by atoms with Gasteiger partial charge in [0.25, 0.3) is 0 Å². The third kappa shape index (κ3) is 4.12. The van der Waals surface area contributed by atoms with Crippen molar-refractivity contribution in [3.63, 3.8) is 0 Å². The van der Waals surface area contributed by atoms with E-state index in [4.69, 9.17) is 5.73 Å². The minimum atomic E-state index is 0. The van der Waals surface area contributed by atoms with Gasteiger partial charge in [-0.3, -0.25) is 0 Å². The van der Waals surface area contributed by atoms with Crippen LogP contribution in [0.25, 0.3) is 0 Å². The lowest BCUT2D eigenvalue weighted by atomic mass is 10.0. The van der Waals surface area contributed by atoms with Crippen LogP contribution in [0.3, 0.4) is 0 Å². The Kier molecular flexibility index (Phi) is 6.39. The summed E-state index contributed by atoms with van der Waals surface area (Å²) >= 11 is 3.39. The number of hydrogen-bond acceptors (Lipinski definition) is 1. The molecule has 2 N–H and O–H groups in total. The summed E-state index contributed by atoms with van der Waals surface area (Å²) in [4.78, 5) is 0. The smallest absolute Gasteiger partial charge is 0.0294 e. The highest BCUT2D eigenvalue weighted by molar-refractivity contribution is 9.10. The second kappa shape index (κ2) is 6.41. The predicted octanol–water partition coefficient (Wildman–Crippen LogP) is 3.67. The van der Waals surface area contributed by atoms with Crippen molar-refractivity contribution in [1.29, 1.82) is 0 Å². The van der Waals surface area contributed by atoms with Crippen molar-refractivity contribution < 1.29 is 0 Å². The van der Waals surface area contributed by atoms with Crippen LogP contribution in [0.1, 0.15) is 31.4 Å². The van der Waals surface area contributed by atoms with Gasteiger partial charge in [0.15, 0.2) is 0 Å². The molecule has 0 fully saturated rings. The Balaban J connectivity index is 0.00000144. The molecule has 1 nitrogen and oxygen atoms in total. The van der Waals surface area contributed by atoms with E-state index in [2.05, 4.69) is 35.0 Å². The second-order valence-electron chi connectivity index (χ2n) is 2.95. The largest absolute Gasteiger partial charge is 0.324 e. The average Bonchev–Trinajstić information content (AvgIpc) is 2.06. The van der Waals surface area contributed by atoms with Gasteiger partial charge < -0.3 is 5.73 Å². The van der Waals surface area contributed by atoms with Gasteiger partial charge in [-0.2, -0.15) is 0 Å². The molecule has 0 aliphatic carbocycles. The molecule has 1 aromatic rings. The van der Waals surface area contributed by atoms with Gasteiger partial charge in [-0.15, -0.1) is 12.4 Å². The summed E-state index contributed by atoms with van der Waals surface area (Å²) in [6, 6.07) is 8.41. The van der Waals surface area contributed by atoms with Crippen molar-refractivity contribution in [2.24, 2.45) is 5.73 Å². The molecule has 0 radical (unpaired) electrons. The van der Waals surface area contributed by atoms with E-state index < -0.39 is 0 Å². The van der Waals surface area contributed by atoms with Crippen LogP contribution in [0, 0.1) is 0 Å². The van der Waals surface area contributed by atoms with Crippen LogP contribution < -0.4 is 5.73 Å². The van der Waals surface area contributed by atoms with Gasteiger partial charge in [-0.05, 0) is 24.1 Å². The Labute approximate surface area is 94.3 Å². The zero-order valence-electron chi connectivity index (χ0n) is 7.66. The average molecular weight is 265 g/mol. The predicted molar refractivity (Wildman–Crippen MR) is 63.2 cm³/mol. The lowest BCUT2D eigenvalue weighted by Crippen LogP contribution is -2.09. The fourth-order valence-electron chi connectivity index (χ4n) is 1.19. The first kappa shape index (κ1) is 12.9. The van der Waals surface area contributed by atoms with E-state index in [0.29, 0.717) is 0 Å². The van der Waals surface area contributed by atoms with E-state index in [9.17, 15) is 0 Å². The monoisotopic (exact) mass is 263 g/mol. The minimum Gasteiger partial charge on any atom is -0.324 e.